The molecular formula is C20H19FN4O2. The van der Waals surface area contributed by atoms with Crippen LogP contribution in [0.25, 0.3) is 5.65 Å². The zero-order valence-corrected chi connectivity index (χ0v) is 14.7. The van der Waals surface area contributed by atoms with Crippen LogP contribution in [0.5, 0.6) is 0 Å². The maximum absolute atomic E-state index is 14.3. The summed E-state index contributed by atoms with van der Waals surface area (Å²) in [6, 6.07) is 9.09. The van der Waals surface area contributed by atoms with E-state index in [-0.39, 0.29) is 17.8 Å². The second-order valence-corrected chi connectivity index (χ2v) is 7.00. The van der Waals surface area contributed by atoms with Crippen molar-refractivity contribution in [1.82, 2.24) is 14.3 Å². The Morgan fingerprint density at radius 3 is 2.93 bits per heavy atom. The average Bonchev–Trinajstić information content (AvgIpc) is 3.20. The van der Waals surface area contributed by atoms with E-state index in [1.807, 2.05) is 35.0 Å². The molecule has 2 aromatic heterocycles. The molecule has 6 nitrogen and oxygen atoms in total. The van der Waals surface area contributed by atoms with Gasteiger partial charge < -0.3 is 19.4 Å². The van der Waals surface area contributed by atoms with Crippen LogP contribution in [0.15, 0.2) is 42.7 Å². The Morgan fingerprint density at radius 1 is 1.26 bits per heavy atom. The monoisotopic (exact) mass is 366 g/mol. The van der Waals surface area contributed by atoms with Gasteiger partial charge in [0.25, 0.3) is 5.91 Å². The number of carbonyl (C=O) groups excluding carboxylic acids is 1. The van der Waals surface area contributed by atoms with Crippen molar-refractivity contribution in [2.24, 2.45) is 0 Å². The highest BCUT2D eigenvalue weighted by Crippen LogP contribution is 2.32. The molecule has 1 saturated heterocycles. The molecule has 4 heterocycles. The number of aromatic nitrogens is 2. The van der Waals surface area contributed by atoms with Gasteiger partial charge in [0.05, 0.1) is 30.5 Å². The average molecular weight is 366 g/mol. The first-order chi connectivity index (χ1) is 13.2. The Morgan fingerprint density at radius 2 is 2.15 bits per heavy atom. The highest BCUT2D eigenvalue weighted by atomic mass is 19.1. The summed E-state index contributed by atoms with van der Waals surface area (Å²) >= 11 is 0. The number of amides is 1. The van der Waals surface area contributed by atoms with Crippen molar-refractivity contribution < 1.29 is 13.9 Å². The maximum Gasteiger partial charge on any atom is 0.256 e. The molecule has 1 aromatic carbocycles. The molecule has 5 rings (SSSR count). The van der Waals surface area contributed by atoms with Gasteiger partial charge in [0.2, 0.25) is 0 Å². The fourth-order valence-electron chi connectivity index (χ4n) is 3.64. The van der Waals surface area contributed by atoms with Crippen LogP contribution in [-0.4, -0.2) is 46.0 Å². The van der Waals surface area contributed by atoms with Crippen LogP contribution >= 0.6 is 0 Å². The largest absolute Gasteiger partial charge is 0.377 e. The number of nitrogens with one attached hydrogen (secondary N) is 1. The number of benzene rings is 1. The first-order valence-electron chi connectivity index (χ1n) is 9.06. The lowest BCUT2D eigenvalue weighted by atomic mass is 10.1. The van der Waals surface area contributed by atoms with E-state index in [1.54, 1.807) is 11.0 Å². The van der Waals surface area contributed by atoms with Gasteiger partial charge in [-0.05, 0) is 24.3 Å². The minimum absolute atomic E-state index is 0.129. The van der Waals surface area contributed by atoms with E-state index in [0.29, 0.717) is 49.5 Å². The van der Waals surface area contributed by atoms with Gasteiger partial charge in [-0.2, -0.15) is 0 Å². The van der Waals surface area contributed by atoms with Crippen LogP contribution in [0.4, 0.5) is 10.1 Å². The van der Waals surface area contributed by atoms with Gasteiger partial charge in [-0.3, -0.25) is 4.79 Å². The number of nitrogens with zero attached hydrogens (tertiary/aromatic N) is 3. The molecule has 0 bridgehead atoms. The Kier molecular flexibility index (Phi) is 3.82. The first-order valence-corrected chi connectivity index (χ1v) is 9.06. The number of pyridine rings is 1. The number of hydrogen-bond acceptors (Lipinski definition) is 4. The van der Waals surface area contributed by atoms with E-state index in [0.717, 1.165) is 11.3 Å². The van der Waals surface area contributed by atoms with Crippen molar-refractivity contribution in [3.8, 4) is 0 Å². The molecule has 3 aromatic rings. The van der Waals surface area contributed by atoms with E-state index in [4.69, 9.17) is 4.74 Å². The Labute approximate surface area is 155 Å². The second-order valence-electron chi connectivity index (χ2n) is 7.00. The van der Waals surface area contributed by atoms with Crippen LogP contribution in [-0.2, 0) is 17.7 Å². The quantitative estimate of drug-likeness (QED) is 0.754. The summed E-state index contributed by atoms with van der Waals surface area (Å²) < 4.78 is 21.4. The van der Waals surface area contributed by atoms with Crippen molar-refractivity contribution in [1.29, 1.82) is 0 Å². The van der Waals surface area contributed by atoms with Gasteiger partial charge in [0.15, 0.2) is 0 Å². The number of halogens is 1. The molecule has 0 aliphatic carbocycles. The number of rotatable bonds is 5. The number of anilines is 1. The number of ether oxygens (including phenoxy) is 1. The standard InChI is InChI=1S/C20H19FN4O2/c21-16-4-5-17(22-14-11-27-12-14)19-15(16)10-25(20(19)26)8-6-13-9-24-7-2-1-3-18(24)23-13/h1-5,7,9,14,22H,6,8,10-12H2. The molecule has 1 N–H and O–H groups in total. The van der Waals surface area contributed by atoms with Crippen molar-refractivity contribution in [3.63, 3.8) is 0 Å². The maximum atomic E-state index is 14.3. The van der Waals surface area contributed by atoms with Crippen LogP contribution in [0.2, 0.25) is 0 Å². The van der Waals surface area contributed by atoms with Gasteiger partial charge >= 0.3 is 0 Å². The molecule has 7 heteroatoms. The minimum Gasteiger partial charge on any atom is -0.377 e. The van der Waals surface area contributed by atoms with Gasteiger partial charge in [0, 0.05) is 43.2 Å². The zero-order chi connectivity index (χ0) is 18.4. The number of carbonyl (C=O) groups is 1. The highest BCUT2D eigenvalue weighted by molar-refractivity contribution is 6.03. The Balaban J connectivity index is 1.34. The van der Waals surface area contributed by atoms with E-state index in [2.05, 4.69) is 10.3 Å². The van der Waals surface area contributed by atoms with Gasteiger partial charge in [-0.25, -0.2) is 9.37 Å². The Hall–Kier alpha value is -2.93. The molecule has 0 atom stereocenters. The fraction of sp³-hybridized carbons (Fsp3) is 0.300. The zero-order valence-electron chi connectivity index (χ0n) is 14.7. The topological polar surface area (TPSA) is 58.9 Å². The van der Waals surface area contributed by atoms with Crippen LogP contribution in [0.3, 0.4) is 0 Å². The highest BCUT2D eigenvalue weighted by Gasteiger charge is 2.33. The molecule has 0 saturated carbocycles. The van der Waals surface area contributed by atoms with Crippen LogP contribution in [0.1, 0.15) is 21.6 Å². The lowest BCUT2D eigenvalue weighted by molar-refractivity contribution is 0.0210. The first kappa shape index (κ1) is 16.3. The van der Waals surface area contributed by atoms with Gasteiger partial charge in [-0.15, -0.1) is 0 Å². The normalized spacial score (nSPS) is 16.6. The van der Waals surface area contributed by atoms with Gasteiger partial charge in [-0.1, -0.05) is 6.07 Å². The summed E-state index contributed by atoms with van der Waals surface area (Å²) in [5.41, 5.74) is 3.41. The summed E-state index contributed by atoms with van der Waals surface area (Å²) in [4.78, 5) is 19.2. The lowest BCUT2D eigenvalue weighted by Gasteiger charge is -2.28. The number of fused-ring (bicyclic) bond motifs is 2. The predicted molar refractivity (Wildman–Crippen MR) is 98.3 cm³/mol. The van der Waals surface area contributed by atoms with Gasteiger partial charge in [0.1, 0.15) is 11.5 Å². The fourth-order valence-corrected chi connectivity index (χ4v) is 3.64. The summed E-state index contributed by atoms with van der Waals surface area (Å²) in [5.74, 6) is -0.458. The van der Waals surface area contributed by atoms with E-state index >= 15 is 0 Å². The molecule has 1 amide bonds. The molecule has 0 spiro atoms. The molecule has 27 heavy (non-hydrogen) atoms. The molecular weight excluding hydrogens is 347 g/mol. The number of imidazole rings is 1. The van der Waals surface area contributed by atoms with Crippen LogP contribution < -0.4 is 5.32 Å². The molecule has 2 aliphatic heterocycles. The third-order valence-corrected chi connectivity index (χ3v) is 5.16. The molecule has 138 valence electrons. The molecule has 1 fully saturated rings. The molecule has 0 unspecified atom stereocenters. The summed E-state index contributed by atoms with van der Waals surface area (Å²) in [6.45, 7) is 2.02. The van der Waals surface area contributed by atoms with E-state index < -0.39 is 0 Å². The predicted octanol–water partition coefficient (Wildman–Crippen LogP) is 2.48. The lowest BCUT2D eigenvalue weighted by Crippen LogP contribution is -2.40. The number of hydrogen-bond donors (Lipinski definition) is 1. The van der Waals surface area contributed by atoms with Crippen molar-refractivity contribution in [2.45, 2.75) is 19.0 Å². The second kappa shape index (κ2) is 6.35. The smallest absolute Gasteiger partial charge is 0.256 e. The molecule has 2 aliphatic rings. The minimum atomic E-state index is -0.330. The third-order valence-electron chi connectivity index (χ3n) is 5.16. The van der Waals surface area contributed by atoms with Crippen molar-refractivity contribution >= 4 is 17.2 Å². The summed E-state index contributed by atoms with van der Waals surface area (Å²) in [6.07, 6.45) is 4.54. The summed E-state index contributed by atoms with van der Waals surface area (Å²) in [5, 5.41) is 3.29. The third kappa shape index (κ3) is 2.84. The Bertz CT molecular complexity index is 995. The summed E-state index contributed by atoms with van der Waals surface area (Å²) in [7, 11) is 0. The van der Waals surface area contributed by atoms with Crippen molar-refractivity contribution in [2.75, 3.05) is 25.1 Å². The van der Waals surface area contributed by atoms with Crippen LogP contribution in [0, 0.1) is 5.82 Å². The van der Waals surface area contributed by atoms with Crippen molar-refractivity contribution in [3.05, 3.63) is 65.4 Å². The van der Waals surface area contributed by atoms with E-state index in [9.17, 15) is 9.18 Å². The SMILES string of the molecule is O=C1c2c(NC3COC3)ccc(F)c2CN1CCc1cn2ccccc2n1. The molecule has 0 radical (unpaired) electrons. The van der Waals surface area contributed by atoms with E-state index in [1.165, 1.54) is 6.07 Å².